The summed E-state index contributed by atoms with van der Waals surface area (Å²) in [4.78, 5) is 13.6. The average molecular weight is 287 g/mol. The summed E-state index contributed by atoms with van der Waals surface area (Å²) in [7, 11) is 2.13. The number of anilines is 1. The predicted octanol–water partition coefficient (Wildman–Crippen LogP) is 1.04. The highest BCUT2D eigenvalue weighted by Gasteiger charge is 2.20. The van der Waals surface area contributed by atoms with Crippen molar-refractivity contribution in [3.8, 4) is 0 Å². The first-order valence-electron chi connectivity index (χ1n) is 5.36. The van der Waals surface area contributed by atoms with Crippen molar-refractivity contribution in [2.75, 3.05) is 25.5 Å². The topological polar surface area (TPSA) is 61.0 Å². The van der Waals surface area contributed by atoms with E-state index in [0.29, 0.717) is 10.5 Å². The van der Waals surface area contributed by atoms with Crippen LogP contribution < -0.4 is 10.9 Å². The zero-order chi connectivity index (χ0) is 11.5. The van der Waals surface area contributed by atoms with E-state index in [1.807, 2.05) is 0 Å². The van der Waals surface area contributed by atoms with Gasteiger partial charge in [0.05, 0.1) is 11.9 Å². The van der Waals surface area contributed by atoms with Crippen LogP contribution in [-0.2, 0) is 0 Å². The lowest BCUT2D eigenvalue weighted by molar-refractivity contribution is 0.322. The molecule has 1 aromatic heterocycles. The Labute approximate surface area is 102 Å². The fourth-order valence-electron chi connectivity index (χ4n) is 1.97. The van der Waals surface area contributed by atoms with Gasteiger partial charge in [0, 0.05) is 12.6 Å². The molecule has 1 unspecified atom stereocenters. The van der Waals surface area contributed by atoms with Crippen LogP contribution in [0.15, 0.2) is 15.5 Å². The minimum absolute atomic E-state index is 0.204. The molecule has 1 fully saturated rings. The van der Waals surface area contributed by atoms with Crippen molar-refractivity contribution in [1.82, 2.24) is 15.1 Å². The Bertz CT molecular complexity index is 420. The molecule has 0 radical (unpaired) electrons. The molecule has 16 heavy (non-hydrogen) atoms. The zero-order valence-corrected chi connectivity index (χ0v) is 10.7. The molecule has 0 aliphatic carbocycles. The molecule has 0 saturated carbocycles. The number of hydrogen-bond acceptors (Lipinski definition) is 4. The van der Waals surface area contributed by atoms with Crippen LogP contribution in [0.5, 0.6) is 0 Å². The maximum atomic E-state index is 11.3. The van der Waals surface area contributed by atoms with Gasteiger partial charge in [0.15, 0.2) is 0 Å². The lowest BCUT2D eigenvalue weighted by atomic mass is 10.2. The fourth-order valence-corrected chi connectivity index (χ4v) is 2.30. The van der Waals surface area contributed by atoms with Crippen molar-refractivity contribution in [3.05, 3.63) is 21.0 Å². The molecule has 1 saturated heterocycles. The van der Waals surface area contributed by atoms with Crippen LogP contribution in [0, 0.1) is 0 Å². The van der Waals surface area contributed by atoms with Crippen LogP contribution in [-0.4, -0.2) is 41.3 Å². The molecule has 1 aliphatic rings. The van der Waals surface area contributed by atoms with Crippen LogP contribution in [0.3, 0.4) is 0 Å². The first-order chi connectivity index (χ1) is 7.68. The molecule has 2 rings (SSSR count). The lowest BCUT2D eigenvalue weighted by Gasteiger charge is -2.20. The SMILES string of the molecule is CN1CCCC1CNc1cn[nH]c(=O)c1Br. The van der Waals surface area contributed by atoms with Gasteiger partial charge in [-0.1, -0.05) is 0 Å². The monoisotopic (exact) mass is 286 g/mol. The average Bonchev–Trinajstić information content (AvgIpc) is 2.67. The zero-order valence-electron chi connectivity index (χ0n) is 9.16. The first kappa shape index (κ1) is 11.6. The molecule has 0 bridgehead atoms. The number of likely N-dealkylation sites (N-methyl/N-ethyl adjacent to an activating group) is 1. The largest absolute Gasteiger partial charge is 0.381 e. The Morgan fingerprint density at radius 3 is 3.25 bits per heavy atom. The van der Waals surface area contributed by atoms with Gasteiger partial charge in [-0.05, 0) is 42.4 Å². The second-order valence-electron chi connectivity index (χ2n) is 4.08. The van der Waals surface area contributed by atoms with E-state index in [4.69, 9.17) is 0 Å². The van der Waals surface area contributed by atoms with Gasteiger partial charge in [-0.15, -0.1) is 0 Å². The van der Waals surface area contributed by atoms with E-state index in [1.54, 1.807) is 6.20 Å². The Morgan fingerprint density at radius 2 is 2.56 bits per heavy atom. The van der Waals surface area contributed by atoms with Crippen LogP contribution in [0.1, 0.15) is 12.8 Å². The second kappa shape index (κ2) is 4.97. The Morgan fingerprint density at radius 1 is 1.75 bits per heavy atom. The standard InChI is InChI=1S/C10H15BrN4O/c1-15-4-2-3-7(15)5-12-8-6-13-14-10(16)9(8)11/h6-7H,2-5H2,1H3,(H2,12,14,16). The molecular weight excluding hydrogens is 272 g/mol. The number of halogens is 1. The Kier molecular flexibility index (Phi) is 3.60. The first-order valence-corrected chi connectivity index (χ1v) is 6.15. The molecule has 5 nitrogen and oxygen atoms in total. The third-order valence-corrected chi connectivity index (χ3v) is 3.78. The van der Waals surface area contributed by atoms with Gasteiger partial charge in [0.25, 0.3) is 5.56 Å². The van der Waals surface area contributed by atoms with E-state index in [1.165, 1.54) is 12.8 Å². The maximum absolute atomic E-state index is 11.3. The molecule has 1 atom stereocenters. The van der Waals surface area contributed by atoms with Crippen molar-refractivity contribution in [2.24, 2.45) is 0 Å². The summed E-state index contributed by atoms with van der Waals surface area (Å²) in [5, 5.41) is 9.39. The summed E-state index contributed by atoms with van der Waals surface area (Å²) in [6, 6.07) is 0.547. The molecule has 0 spiro atoms. The van der Waals surface area contributed by atoms with E-state index in [2.05, 4.69) is 43.4 Å². The number of aromatic nitrogens is 2. The number of H-pyrrole nitrogens is 1. The number of nitrogens with one attached hydrogen (secondary N) is 2. The van der Waals surface area contributed by atoms with Crippen molar-refractivity contribution in [3.63, 3.8) is 0 Å². The van der Waals surface area contributed by atoms with Gasteiger partial charge >= 0.3 is 0 Å². The lowest BCUT2D eigenvalue weighted by Crippen LogP contribution is -2.32. The van der Waals surface area contributed by atoms with E-state index in [-0.39, 0.29) is 5.56 Å². The van der Waals surface area contributed by atoms with Crippen LogP contribution in [0.25, 0.3) is 0 Å². The third kappa shape index (κ3) is 2.44. The summed E-state index contributed by atoms with van der Waals surface area (Å²) in [5.41, 5.74) is 0.550. The number of nitrogens with zero attached hydrogens (tertiary/aromatic N) is 2. The molecule has 2 heterocycles. The molecular formula is C10H15BrN4O. The van der Waals surface area contributed by atoms with Gasteiger partial charge in [0.2, 0.25) is 0 Å². The molecule has 1 aliphatic heterocycles. The smallest absolute Gasteiger partial charge is 0.280 e. The molecule has 2 N–H and O–H groups in total. The van der Waals surface area contributed by atoms with Crippen molar-refractivity contribution < 1.29 is 0 Å². The second-order valence-corrected chi connectivity index (χ2v) is 4.88. The Hall–Kier alpha value is -0.880. The quantitative estimate of drug-likeness (QED) is 0.872. The van der Waals surface area contributed by atoms with Gasteiger partial charge in [-0.25, -0.2) is 5.10 Å². The highest BCUT2D eigenvalue weighted by molar-refractivity contribution is 9.10. The van der Waals surface area contributed by atoms with Crippen molar-refractivity contribution in [2.45, 2.75) is 18.9 Å². The number of likely N-dealkylation sites (tertiary alicyclic amines) is 1. The Balaban J connectivity index is 1.99. The molecule has 0 amide bonds. The van der Waals surface area contributed by atoms with Crippen molar-refractivity contribution >= 4 is 21.6 Å². The third-order valence-electron chi connectivity index (χ3n) is 3.00. The molecule has 1 aromatic rings. The van der Waals surface area contributed by atoms with E-state index in [9.17, 15) is 4.79 Å². The van der Waals surface area contributed by atoms with Crippen LogP contribution in [0.4, 0.5) is 5.69 Å². The normalized spacial score (nSPS) is 21.2. The van der Waals surface area contributed by atoms with Crippen LogP contribution in [0.2, 0.25) is 0 Å². The van der Waals surface area contributed by atoms with Gasteiger partial charge < -0.3 is 10.2 Å². The van der Waals surface area contributed by atoms with E-state index in [0.717, 1.165) is 18.8 Å². The molecule has 0 aromatic carbocycles. The summed E-state index contributed by atoms with van der Waals surface area (Å²) >= 11 is 3.25. The minimum Gasteiger partial charge on any atom is -0.381 e. The predicted molar refractivity (Wildman–Crippen MR) is 66.7 cm³/mol. The van der Waals surface area contributed by atoms with Gasteiger partial charge in [-0.2, -0.15) is 5.10 Å². The van der Waals surface area contributed by atoms with E-state index >= 15 is 0 Å². The van der Waals surface area contributed by atoms with Crippen molar-refractivity contribution in [1.29, 1.82) is 0 Å². The molecule has 88 valence electrons. The summed E-state index contributed by atoms with van der Waals surface area (Å²) in [6.07, 6.45) is 4.08. The van der Waals surface area contributed by atoms with Crippen LogP contribution >= 0.6 is 15.9 Å². The highest BCUT2D eigenvalue weighted by atomic mass is 79.9. The number of hydrogen-bond donors (Lipinski definition) is 2. The van der Waals surface area contributed by atoms with Gasteiger partial charge in [-0.3, -0.25) is 4.79 Å². The summed E-state index contributed by atoms with van der Waals surface area (Å²) in [6.45, 7) is 2.00. The summed E-state index contributed by atoms with van der Waals surface area (Å²) in [5.74, 6) is 0. The van der Waals surface area contributed by atoms with E-state index < -0.39 is 0 Å². The maximum Gasteiger partial charge on any atom is 0.280 e. The highest BCUT2D eigenvalue weighted by Crippen LogP contribution is 2.18. The van der Waals surface area contributed by atoms with Gasteiger partial charge in [0.1, 0.15) is 4.47 Å². The number of aromatic amines is 1. The minimum atomic E-state index is -0.204. The fraction of sp³-hybridized carbons (Fsp3) is 0.600. The summed E-state index contributed by atoms with van der Waals surface area (Å²) < 4.78 is 0.517. The number of rotatable bonds is 3. The molecule has 6 heteroatoms.